The van der Waals surface area contributed by atoms with Crippen molar-refractivity contribution in [2.75, 3.05) is 17.8 Å². The van der Waals surface area contributed by atoms with Crippen molar-refractivity contribution in [1.29, 1.82) is 0 Å². The lowest BCUT2D eigenvalue weighted by atomic mass is 10.2. The first-order valence-corrected chi connectivity index (χ1v) is 6.89. The topological polar surface area (TPSA) is 81.5 Å². The lowest BCUT2D eigenvalue weighted by Crippen LogP contribution is -2.12. The van der Waals surface area contributed by atoms with Crippen LogP contribution in [0.3, 0.4) is 0 Å². The highest BCUT2D eigenvalue weighted by molar-refractivity contribution is 9.09. The van der Waals surface area contributed by atoms with Crippen LogP contribution in [-0.2, 0) is 4.79 Å². The van der Waals surface area contributed by atoms with Crippen LogP contribution in [0.4, 0.5) is 11.4 Å². The number of methoxy groups -OCH3 is 1. The average molecular weight is 331 g/mol. The van der Waals surface area contributed by atoms with E-state index in [-0.39, 0.29) is 17.3 Å². The maximum atomic E-state index is 11.6. The number of carbonyl (C=O) groups excluding carboxylic acids is 1. The Morgan fingerprint density at radius 1 is 1.47 bits per heavy atom. The van der Waals surface area contributed by atoms with Crippen molar-refractivity contribution in [2.24, 2.45) is 0 Å². The van der Waals surface area contributed by atoms with Gasteiger partial charge >= 0.3 is 0 Å². The monoisotopic (exact) mass is 330 g/mol. The number of ether oxygens (including phenoxy) is 1. The van der Waals surface area contributed by atoms with Gasteiger partial charge < -0.3 is 10.1 Å². The highest BCUT2D eigenvalue weighted by atomic mass is 79.9. The Kier molecular flexibility index (Phi) is 6.27. The van der Waals surface area contributed by atoms with E-state index in [0.29, 0.717) is 12.2 Å². The van der Waals surface area contributed by atoms with Crippen molar-refractivity contribution in [1.82, 2.24) is 0 Å². The maximum Gasteiger partial charge on any atom is 0.296 e. The van der Waals surface area contributed by atoms with Gasteiger partial charge in [0.25, 0.3) is 5.69 Å². The Bertz CT molecular complexity index is 465. The fraction of sp³-hybridized carbons (Fsp3) is 0.417. The van der Waals surface area contributed by atoms with E-state index in [4.69, 9.17) is 4.74 Å². The highest BCUT2D eigenvalue weighted by Gasteiger charge is 2.16. The summed E-state index contributed by atoms with van der Waals surface area (Å²) in [6.07, 6.45) is 1.97. The third-order valence-electron chi connectivity index (χ3n) is 2.46. The number of benzene rings is 1. The summed E-state index contributed by atoms with van der Waals surface area (Å²) in [6.45, 7) is 0. The molecule has 0 heterocycles. The van der Waals surface area contributed by atoms with Crippen LogP contribution in [-0.4, -0.2) is 23.3 Å². The Balaban J connectivity index is 2.77. The number of unbranched alkanes of at least 4 members (excludes halogenated alkanes) is 1. The Hall–Kier alpha value is -1.63. The van der Waals surface area contributed by atoms with Gasteiger partial charge in [0.1, 0.15) is 11.4 Å². The van der Waals surface area contributed by atoms with Gasteiger partial charge in [-0.3, -0.25) is 14.9 Å². The molecule has 104 valence electrons. The van der Waals surface area contributed by atoms with Crippen LogP contribution < -0.4 is 10.1 Å². The fourth-order valence-electron chi connectivity index (χ4n) is 1.49. The summed E-state index contributed by atoms with van der Waals surface area (Å²) in [5, 5.41) is 14.3. The molecule has 0 unspecified atom stereocenters. The van der Waals surface area contributed by atoms with Crippen molar-refractivity contribution >= 4 is 33.2 Å². The molecule has 0 radical (unpaired) electrons. The number of nitro benzene ring substituents is 1. The van der Waals surface area contributed by atoms with Crippen LogP contribution in [0, 0.1) is 10.1 Å². The number of hydrogen-bond donors (Lipinski definition) is 1. The quantitative estimate of drug-likeness (QED) is 0.360. The Morgan fingerprint density at radius 2 is 2.21 bits per heavy atom. The van der Waals surface area contributed by atoms with E-state index in [9.17, 15) is 14.9 Å². The Labute approximate surface area is 119 Å². The lowest BCUT2D eigenvalue weighted by Gasteiger charge is -2.07. The zero-order valence-electron chi connectivity index (χ0n) is 10.5. The molecule has 0 aliphatic carbocycles. The molecule has 19 heavy (non-hydrogen) atoms. The molecule has 7 heteroatoms. The van der Waals surface area contributed by atoms with E-state index < -0.39 is 4.92 Å². The molecule has 0 aliphatic rings. The molecule has 0 aliphatic heterocycles. The summed E-state index contributed by atoms with van der Waals surface area (Å²) in [5.41, 5.74) is 0.0165. The molecule has 0 aromatic heterocycles. The maximum absolute atomic E-state index is 11.6. The number of nitrogens with one attached hydrogen (secondary N) is 1. The lowest BCUT2D eigenvalue weighted by molar-refractivity contribution is -0.384. The molecule has 0 fully saturated rings. The molecule has 1 aromatic rings. The van der Waals surface area contributed by atoms with Gasteiger partial charge in [0.05, 0.1) is 18.1 Å². The van der Waals surface area contributed by atoms with Gasteiger partial charge in [-0.25, -0.2) is 0 Å². The number of halogens is 1. The normalized spacial score (nSPS) is 10.0. The first kappa shape index (κ1) is 15.4. The zero-order valence-corrected chi connectivity index (χ0v) is 12.1. The van der Waals surface area contributed by atoms with Gasteiger partial charge in [-0.05, 0) is 25.0 Å². The van der Waals surface area contributed by atoms with Crippen molar-refractivity contribution in [3.8, 4) is 5.75 Å². The molecule has 1 N–H and O–H groups in total. The largest absolute Gasteiger partial charge is 0.496 e. The van der Waals surface area contributed by atoms with Crippen LogP contribution in [0.25, 0.3) is 0 Å². The Morgan fingerprint density at radius 3 is 2.79 bits per heavy atom. The van der Waals surface area contributed by atoms with Crippen molar-refractivity contribution in [3.05, 3.63) is 28.3 Å². The summed E-state index contributed by atoms with van der Waals surface area (Å²) in [5.74, 6) is 0.151. The third kappa shape index (κ3) is 4.86. The summed E-state index contributed by atoms with van der Waals surface area (Å²) in [6, 6.07) is 4.33. The number of nitrogens with zero attached hydrogens (tertiary/aromatic N) is 1. The number of hydrogen-bond acceptors (Lipinski definition) is 4. The van der Waals surface area contributed by atoms with E-state index in [1.165, 1.54) is 19.2 Å². The predicted molar refractivity (Wildman–Crippen MR) is 75.9 cm³/mol. The van der Waals surface area contributed by atoms with Crippen molar-refractivity contribution in [3.63, 3.8) is 0 Å². The summed E-state index contributed by atoms with van der Waals surface area (Å²) in [4.78, 5) is 22.0. The minimum Gasteiger partial charge on any atom is -0.496 e. The van der Waals surface area contributed by atoms with Gasteiger partial charge in [0.2, 0.25) is 5.91 Å². The minimum atomic E-state index is -0.545. The molecular weight excluding hydrogens is 316 g/mol. The summed E-state index contributed by atoms with van der Waals surface area (Å²) < 4.78 is 4.92. The molecule has 0 saturated carbocycles. The number of amides is 1. The van der Waals surface area contributed by atoms with Gasteiger partial charge in [-0.15, -0.1) is 0 Å². The van der Waals surface area contributed by atoms with E-state index >= 15 is 0 Å². The first-order valence-electron chi connectivity index (χ1n) is 5.76. The van der Waals surface area contributed by atoms with Gasteiger partial charge in [-0.2, -0.15) is 0 Å². The average Bonchev–Trinajstić information content (AvgIpc) is 2.39. The van der Waals surface area contributed by atoms with Crippen molar-refractivity contribution in [2.45, 2.75) is 19.3 Å². The number of nitro groups is 1. The second-order valence-electron chi connectivity index (χ2n) is 3.83. The molecule has 0 spiro atoms. The van der Waals surface area contributed by atoms with E-state index in [0.717, 1.165) is 18.2 Å². The predicted octanol–water partition coefficient (Wildman–Crippen LogP) is 3.11. The minimum absolute atomic E-state index is 0.173. The fourth-order valence-corrected chi connectivity index (χ4v) is 1.88. The zero-order chi connectivity index (χ0) is 14.3. The van der Waals surface area contributed by atoms with Crippen LogP contribution in [0.15, 0.2) is 18.2 Å². The van der Waals surface area contributed by atoms with Crippen LogP contribution in [0.5, 0.6) is 5.75 Å². The van der Waals surface area contributed by atoms with Crippen molar-refractivity contribution < 1.29 is 14.5 Å². The number of alkyl halides is 1. The summed E-state index contributed by atoms with van der Waals surface area (Å²) in [7, 11) is 1.43. The molecule has 0 bridgehead atoms. The molecule has 6 nitrogen and oxygen atoms in total. The van der Waals surface area contributed by atoms with Gasteiger partial charge in [0.15, 0.2) is 0 Å². The second-order valence-corrected chi connectivity index (χ2v) is 4.63. The molecule has 0 saturated heterocycles. The third-order valence-corrected chi connectivity index (χ3v) is 3.02. The van der Waals surface area contributed by atoms with Gasteiger partial charge in [-0.1, -0.05) is 15.9 Å². The highest BCUT2D eigenvalue weighted by Crippen LogP contribution is 2.29. The molecule has 1 amide bonds. The van der Waals surface area contributed by atoms with E-state index in [1.54, 1.807) is 6.07 Å². The number of anilines is 1. The molecular formula is C12H15BrN2O4. The van der Waals surface area contributed by atoms with Crippen LogP contribution in [0.2, 0.25) is 0 Å². The second kappa shape index (κ2) is 7.73. The van der Waals surface area contributed by atoms with Crippen LogP contribution in [0.1, 0.15) is 19.3 Å². The first-order chi connectivity index (χ1) is 9.08. The van der Waals surface area contributed by atoms with E-state index in [1.807, 2.05) is 0 Å². The van der Waals surface area contributed by atoms with Crippen LogP contribution >= 0.6 is 15.9 Å². The van der Waals surface area contributed by atoms with Gasteiger partial charge in [0, 0.05) is 11.8 Å². The standard InChI is InChI=1S/C12H15BrN2O4/c1-19-9-5-6-10(11(8-9)15(17)18)14-12(16)4-2-3-7-13/h5-6,8H,2-4,7H2,1H3,(H,14,16). The summed E-state index contributed by atoms with van der Waals surface area (Å²) >= 11 is 3.28. The molecule has 1 rings (SSSR count). The number of rotatable bonds is 7. The SMILES string of the molecule is COc1ccc(NC(=O)CCCCBr)c([N+](=O)[O-])c1. The molecule has 0 atom stereocenters. The smallest absolute Gasteiger partial charge is 0.296 e. The molecule has 1 aromatic carbocycles. The number of carbonyl (C=O) groups is 1. The van der Waals surface area contributed by atoms with E-state index in [2.05, 4.69) is 21.2 Å².